The van der Waals surface area contributed by atoms with Crippen molar-refractivity contribution in [3.05, 3.63) is 42.2 Å². The monoisotopic (exact) mass is 316 g/mol. The van der Waals surface area contributed by atoms with Gasteiger partial charge in [-0.2, -0.15) is 0 Å². The zero-order valence-corrected chi connectivity index (χ0v) is 13.5. The van der Waals surface area contributed by atoms with E-state index in [1.165, 1.54) is 7.11 Å². The van der Waals surface area contributed by atoms with E-state index in [-0.39, 0.29) is 12.5 Å². The maximum Gasteiger partial charge on any atom is 0.325 e. The summed E-state index contributed by atoms with van der Waals surface area (Å²) in [7, 11) is 2.90. The molecule has 0 saturated carbocycles. The number of carbonyl (C=O) groups is 2. The summed E-state index contributed by atoms with van der Waals surface area (Å²) in [6.45, 7) is 2.45. The van der Waals surface area contributed by atoms with E-state index in [9.17, 15) is 9.59 Å². The minimum Gasteiger partial charge on any atom is -0.497 e. The number of amides is 1. The van der Waals surface area contributed by atoms with Crippen LogP contribution in [0.5, 0.6) is 5.75 Å². The Morgan fingerprint density at radius 3 is 2.39 bits per heavy atom. The highest BCUT2D eigenvalue weighted by Gasteiger charge is 2.15. The van der Waals surface area contributed by atoms with Gasteiger partial charge in [0, 0.05) is 18.3 Å². The highest BCUT2D eigenvalue weighted by molar-refractivity contribution is 5.96. The molecule has 2 aromatic rings. The molecule has 1 aromatic heterocycles. The highest BCUT2D eigenvalue weighted by Crippen LogP contribution is 2.24. The van der Waals surface area contributed by atoms with Crippen LogP contribution in [0.3, 0.4) is 0 Å². The molecular weight excluding hydrogens is 296 g/mol. The minimum absolute atomic E-state index is 0.151. The lowest BCUT2D eigenvalue weighted by Gasteiger charge is -2.06. The quantitative estimate of drug-likeness (QED) is 0.829. The Kier molecular flexibility index (Phi) is 5.41. The summed E-state index contributed by atoms with van der Waals surface area (Å²) < 4.78 is 11.5. The summed E-state index contributed by atoms with van der Waals surface area (Å²) in [6.07, 6.45) is 1.91. The lowest BCUT2D eigenvalue weighted by molar-refractivity contribution is -0.139. The third kappa shape index (κ3) is 3.91. The predicted octanol–water partition coefficient (Wildman–Crippen LogP) is 2.09. The van der Waals surface area contributed by atoms with Gasteiger partial charge < -0.3 is 19.4 Å². The minimum atomic E-state index is -0.483. The van der Waals surface area contributed by atoms with Crippen molar-refractivity contribution >= 4 is 11.9 Å². The van der Waals surface area contributed by atoms with Crippen LogP contribution in [0.25, 0.3) is 11.1 Å². The number of hydrogen-bond acceptors (Lipinski definition) is 4. The molecule has 0 saturated heterocycles. The first-order chi connectivity index (χ1) is 11.1. The Labute approximate surface area is 135 Å². The molecule has 0 unspecified atom stereocenters. The fourth-order valence-electron chi connectivity index (χ4n) is 2.22. The second-order valence-electron chi connectivity index (χ2n) is 4.89. The van der Waals surface area contributed by atoms with Crippen LogP contribution >= 0.6 is 0 Å². The summed E-state index contributed by atoms with van der Waals surface area (Å²) in [4.78, 5) is 23.4. The summed E-state index contributed by atoms with van der Waals surface area (Å²) in [5, 5.41) is 2.55. The molecule has 6 heteroatoms. The SMILES string of the molecule is CCn1cc(-c2ccc(OC)cc2)cc1C(=O)NCC(=O)OC. The summed E-state index contributed by atoms with van der Waals surface area (Å²) in [5.74, 6) is -0.0138. The van der Waals surface area contributed by atoms with Gasteiger partial charge in [0.15, 0.2) is 0 Å². The van der Waals surface area contributed by atoms with Crippen LogP contribution in [0.4, 0.5) is 0 Å². The molecule has 23 heavy (non-hydrogen) atoms. The van der Waals surface area contributed by atoms with Crippen molar-refractivity contribution in [2.75, 3.05) is 20.8 Å². The molecule has 122 valence electrons. The largest absolute Gasteiger partial charge is 0.497 e. The molecule has 0 radical (unpaired) electrons. The van der Waals surface area contributed by atoms with Gasteiger partial charge in [-0.25, -0.2) is 0 Å². The zero-order valence-electron chi connectivity index (χ0n) is 13.5. The molecule has 0 aliphatic carbocycles. The molecule has 1 heterocycles. The molecular formula is C17H20N2O4. The predicted molar refractivity (Wildman–Crippen MR) is 86.4 cm³/mol. The van der Waals surface area contributed by atoms with Gasteiger partial charge in [0.05, 0.1) is 14.2 Å². The normalized spacial score (nSPS) is 10.2. The molecule has 1 aromatic carbocycles. The van der Waals surface area contributed by atoms with Crippen molar-refractivity contribution in [2.24, 2.45) is 0 Å². The fourth-order valence-corrected chi connectivity index (χ4v) is 2.22. The fraction of sp³-hybridized carbons (Fsp3) is 0.294. The van der Waals surface area contributed by atoms with Crippen LogP contribution in [-0.4, -0.2) is 37.2 Å². The number of hydrogen-bond donors (Lipinski definition) is 1. The highest BCUT2D eigenvalue weighted by atomic mass is 16.5. The van der Waals surface area contributed by atoms with E-state index in [0.29, 0.717) is 12.2 Å². The van der Waals surface area contributed by atoms with E-state index in [2.05, 4.69) is 10.1 Å². The Morgan fingerprint density at radius 2 is 1.83 bits per heavy atom. The van der Waals surface area contributed by atoms with Crippen LogP contribution in [-0.2, 0) is 16.1 Å². The van der Waals surface area contributed by atoms with E-state index >= 15 is 0 Å². The number of esters is 1. The molecule has 1 N–H and O–H groups in total. The van der Waals surface area contributed by atoms with Gasteiger partial charge in [0.2, 0.25) is 0 Å². The summed E-state index contributed by atoms with van der Waals surface area (Å²) in [6, 6.07) is 9.41. The van der Waals surface area contributed by atoms with Gasteiger partial charge in [0.25, 0.3) is 5.91 Å². The third-order valence-electron chi connectivity index (χ3n) is 3.51. The molecule has 2 rings (SSSR count). The van der Waals surface area contributed by atoms with Gasteiger partial charge in [-0.05, 0) is 30.7 Å². The van der Waals surface area contributed by atoms with E-state index in [0.717, 1.165) is 16.9 Å². The molecule has 0 atom stereocenters. The average Bonchev–Trinajstić information content (AvgIpc) is 3.03. The summed E-state index contributed by atoms with van der Waals surface area (Å²) in [5.41, 5.74) is 2.42. The molecule has 6 nitrogen and oxygen atoms in total. The van der Waals surface area contributed by atoms with E-state index in [4.69, 9.17) is 4.74 Å². The second-order valence-corrected chi connectivity index (χ2v) is 4.89. The van der Waals surface area contributed by atoms with Crippen molar-refractivity contribution in [3.8, 4) is 16.9 Å². The number of methoxy groups -OCH3 is 2. The van der Waals surface area contributed by atoms with E-state index in [1.807, 2.05) is 42.0 Å². The van der Waals surface area contributed by atoms with Crippen molar-refractivity contribution in [1.29, 1.82) is 0 Å². The number of nitrogens with zero attached hydrogens (tertiary/aromatic N) is 1. The molecule has 0 aliphatic heterocycles. The second kappa shape index (κ2) is 7.49. The molecule has 0 spiro atoms. The van der Waals surface area contributed by atoms with Crippen LogP contribution < -0.4 is 10.1 Å². The smallest absolute Gasteiger partial charge is 0.325 e. The number of aromatic nitrogens is 1. The van der Waals surface area contributed by atoms with Gasteiger partial charge >= 0.3 is 5.97 Å². The standard InChI is InChI=1S/C17H20N2O4/c1-4-19-11-13(12-5-7-14(22-2)8-6-12)9-15(19)17(21)18-10-16(20)23-3/h5-9,11H,4,10H2,1-3H3,(H,18,21). The summed E-state index contributed by atoms with van der Waals surface area (Å²) >= 11 is 0. The van der Waals surface area contributed by atoms with Gasteiger partial charge in [0.1, 0.15) is 18.0 Å². The van der Waals surface area contributed by atoms with E-state index < -0.39 is 5.97 Å². The van der Waals surface area contributed by atoms with Crippen molar-refractivity contribution < 1.29 is 19.1 Å². The average molecular weight is 316 g/mol. The maximum atomic E-state index is 12.2. The van der Waals surface area contributed by atoms with Gasteiger partial charge in [-0.3, -0.25) is 9.59 Å². The number of benzene rings is 1. The molecule has 1 amide bonds. The Balaban J connectivity index is 2.22. The van der Waals surface area contributed by atoms with Crippen molar-refractivity contribution in [3.63, 3.8) is 0 Å². The Bertz CT molecular complexity index is 689. The lowest BCUT2D eigenvalue weighted by atomic mass is 10.1. The molecule has 0 fully saturated rings. The number of rotatable bonds is 6. The number of aryl methyl sites for hydroxylation is 1. The van der Waals surface area contributed by atoms with Crippen LogP contribution in [0.1, 0.15) is 17.4 Å². The number of nitrogens with one attached hydrogen (secondary N) is 1. The molecule has 0 aliphatic rings. The molecule has 0 bridgehead atoms. The van der Waals surface area contributed by atoms with Gasteiger partial charge in [-0.1, -0.05) is 12.1 Å². The van der Waals surface area contributed by atoms with E-state index in [1.54, 1.807) is 13.2 Å². The first-order valence-corrected chi connectivity index (χ1v) is 7.28. The first-order valence-electron chi connectivity index (χ1n) is 7.28. The van der Waals surface area contributed by atoms with Crippen LogP contribution in [0.15, 0.2) is 36.5 Å². The maximum absolute atomic E-state index is 12.2. The van der Waals surface area contributed by atoms with Crippen molar-refractivity contribution in [1.82, 2.24) is 9.88 Å². The topological polar surface area (TPSA) is 69.6 Å². The number of ether oxygens (including phenoxy) is 2. The lowest BCUT2D eigenvalue weighted by Crippen LogP contribution is -2.31. The van der Waals surface area contributed by atoms with Crippen molar-refractivity contribution in [2.45, 2.75) is 13.5 Å². The Hall–Kier alpha value is -2.76. The first kappa shape index (κ1) is 16.6. The zero-order chi connectivity index (χ0) is 16.8. The number of carbonyl (C=O) groups excluding carboxylic acids is 2. The van der Waals surface area contributed by atoms with Crippen LogP contribution in [0, 0.1) is 0 Å². The van der Waals surface area contributed by atoms with Crippen LogP contribution in [0.2, 0.25) is 0 Å². The third-order valence-corrected chi connectivity index (χ3v) is 3.51. The van der Waals surface area contributed by atoms with Gasteiger partial charge in [-0.15, -0.1) is 0 Å². The Morgan fingerprint density at radius 1 is 1.13 bits per heavy atom.